The molecule has 0 radical (unpaired) electrons. The maximum atomic E-state index is 10.1. The van der Waals surface area contributed by atoms with Crippen molar-refractivity contribution in [1.82, 2.24) is 15.0 Å². The summed E-state index contributed by atoms with van der Waals surface area (Å²) in [5.74, 6) is 2.21. The number of ether oxygens (including phenoxy) is 2. The van der Waals surface area contributed by atoms with Crippen LogP contribution in [0.15, 0.2) is 28.4 Å². The Morgan fingerprint density at radius 1 is 1.26 bits per heavy atom. The minimum Gasteiger partial charge on any atom is -0.486 e. The Balaban J connectivity index is 1.19. The van der Waals surface area contributed by atoms with Gasteiger partial charge in [-0.15, -0.1) is 0 Å². The average molecular weight is 501 g/mol. The van der Waals surface area contributed by atoms with E-state index in [1.807, 2.05) is 6.07 Å². The minimum atomic E-state index is -0.358. The van der Waals surface area contributed by atoms with E-state index in [2.05, 4.69) is 21.7 Å². The van der Waals surface area contributed by atoms with Gasteiger partial charge in [0.05, 0.1) is 42.6 Å². The normalized spacial score (nSPS) is 29.3. The van der Waals surface area contributed by atoms with Crippen LogP contribution < -0.4 is 20.3 Å². The summed E-state index contributed by atoms with van der Waals surface area (Å²) < 4.78 is 11.9. The van der Waals surface area contributed by atoms with Crippen LogP contribution in [0, 0.1) is 5.41 Å². The molecule has 4 aliphatic heterocycles. The summed E-state index contributed by atoms with van der Waals surface area (Å²) in [5.41, 5.74) is 7.06. The van der Waals surface area contributed by atoms with E-state index in [1.54, 1.807) is 12.4 Å². The first kappa shape index (κ1) is 23.2. The summed E-state index contributed by atoms with van der Waals surface area (Å²) in [4.78, 5) is 19.2. The van der Waals surface area contributed by atoms with Crippen molar-refractivity contribution >= 4 is 23.4 Å². The molecule has 0 aromatic carbocycles. The van der Waals surface area contributed by atoms with Gasteiger partial charge >= 0.3 is 0 Å². The van der Waals surface area contributed by atoms with Crippen LogP contribution in [0.2, 0.25) is 0 Å². The van der Waals surface area contributed by atoms with Gasteiger partial charge in [-0.1, -0.05) is 11.8 Å². The zero-order valence-electron chi connectivity index (χ0n) is 19.8. The first-order valence-electron chi connectivity index (χ1n) is 12.3. The van der Waals surface area contributed by atoms with Crippen LogP contribution in [0.5, 0.6) is 5.75 Å². The van der Waals surface area contributed by atoms with Crippen LogP contribution in [0.25, 0.3) is 0 Å². The SMILES string of the molecule is C[C@@H]1OCC2(CCN(c3ncc(Sc4ccnc5c4OCC4CC(O)CN54)nc3CO)CC2)C1N. The molecule has 2 aromatic heterocycles. The quantitative estimate of drug-likeness (QED) is 0.559. The monoisotopic (exact) mass is 500 g/mol. The second-order valence-corrected chi connectivity index (χ2v) is 11.2. The Hall–Kier alpha value is -2.18. The lowest BCUT2D eigenvalue weighted by molar-refractivity contribution is 0.0973. The molecule has 0 bridgehead atoms. The van der Waals surface area contributed by atoms with E-state index in [0.717, 1.165) is 42.5 Å². The molecule has 6 heterocycles. The number of aromatic nitrogens is 3. The highest BCUT2D eigenvalue weighted by molar-refractivity contribution is 7.99. The molecule has 0 saturated carbocycles. The molecule has 3 fully saturated rings. The van der Waals surface area contributed by atoms with Gasteiger partial charge in [0.15, 0.2) is 17.4 Å². The van der Waals surface area contributed by atoms with E-state index < -0.39 is 0 Å². The molecule has 0 aliphatic carbocycles. The number of aliphatic hydroxyl groups is 2. The molecule has 6 rings (SSSR count). The zero-order valence-corrected chi connectivity index (χ0v) is 20.7. The lowest BCUT2D eigenvalue weighted by Crippen LogP contribution is -2.51. The van der Waals surface area contributed by atoms with Gasteiger partial charge < -0.3 is 35.2 Å². The number of anilines is 2. The van der Waals surface area contributed by atoms with Gasteiger partial charge in [0, 0.05) is 37.3 Å². The van der Waals surface area contributed by atoms with Crippen molar-refractivity contribution in [3.05, 3.63) is 24.2 Å². The van der Waals surface area contributed by atoms with Crippen molar-refractivity contribution in [3.63, 3.8) is 0 Å². The number of nitrogens with two attached hydrogens (primary N) is 1. The van der Waals surface area contributed by atoms with E-state index in [-0.39, 0.29) is 36.3 Å². The number of hydrogen-bond donors (Lipinski definition) is 3. The molecule has 188 valence electrons. The van der Waals surface area contributed by atoms with Crippen molar-refractivity contribution in [2.45, 2.75) is 67.0 Å². The summed E-state index contributed by atoms with van der Waals surface area (Å²) in [6.07, 6.45) is 5.82. The van der Waals surface area contributed by atoms with Crippen molar-refractivity contribution in [1.29, 1.82) is 0 Å². The lowest BCUT2D eigenvalue weighted by atomic mass is 9.73. The van der Waals surface area contributed by atoms with Crippen LogP contribution in [0.1, 0.15) is 31.9 Å². The molecule has 4 atom stereocenters. The number of piperidine rings is 1. The van der Waals surface area contributed by atoms with E-state index in [4.69, 9.17) is 25.2 Å². The molecule has 10 nitrogen and oxygen atoms in total. The van der Waals surface area contributed by atoms with Crippen molar-refractivity contribution in [2.24, 2.45) is 11.1 Å². The van der Waals surface area contributed by atoms with Gasteiger partial charge in [-0.3, -0.25) is 0 Å². The molecule has 11 heteroatoms. The fourth-order valence-corrected chi connectivity index (χ4v) is 6.76. The van der Waals surface area contributed by atoms with Crippen molar-refractivity contribution in [3.8, 4) is 5.75 Å². The standard InChI is InChI=1S/C24H32N6O4S/c1-14-21(25)24(13-34-14)3-6-29(7-4-24)22-17(11-31)28-19(9-27-22)35-18-2-5-26-23-20(18)33-12-15-8-16(32)10-30(15)23/h2,5,9,14-16,21,31-32H,3-4,6-8,10-13,25H2,1H3/t14-,15?,16?,21?/m0/s1. The summed E-state index contributed by atoms with van der Waals surface area (Å²) in [6, 6.07) is 2.12. The van der Waals surface area contributed by atoms with Gasteiger partial charge in [0.2, 0.25) is 0 Å². The van der Waals surface area contributed by atoms with Gasteiger partial charge in [-0.25, -0.2) is 15.0 Å². The maximum absolute atomic E-state index is 10.1. The van der Waals surface area contributed by atoms with E-state index in [9.17, 15) is 10.2 Å². The average Bonchev–Trinajstić information content (AvgIpc) is 3.39. The molecule has 3 saturated heterocycles. The van der Waals surface area contributed by atoms with Gasteiger partial charge in [0.25, 0.3) is 0 Å². The molecular formula is C24H32N6O4S. The molecule has 3 unspecified atom stereocenters. The summed E-state index contributed by atoms with van der Waals surface area (Å²) in [5, 5.41) is 20.9. The highest BCUT2D eigenvalue weighted by Gasteiger charge is 2.47. The topological polar surface area (TPSA) is 130 Å². The predicted octanol–water partition coefficient (Wildman–Crippen LogP) is 1.18. The number of fused-ring (bicyclic) bond motifs is 3. The molecule has 35 heavy (non-hydrogen) atoms. The number of nitrogens with zero attached hydrogens (tertiary/aromatic N) is 5. The Morgan fingerprint density at radius 2 is 2.09 bits per heavy atom. The minimum absolute atomic E-state index is 0.0311. The van der Waals surface area contributed by atoms with Crippen molar-refractivity contribution in [2.75, 3.05) is 42.6 Å². The lowest BCUT2D eigenvalue weighted by Gasteiger charge is -2.41. The fourth-order valence-electron chi connectivity index (χ4n) is 5.90. The van der Waals surface area contributed by atoms with E-state index in [1.165, 1.54) is 11.8 Å². The molecule has 4 aliphatic rings. The van der Waals surface area contributed by atoms with Gasteiger partial charge in [-0.05, 0) is 32.3 Å². The third kappa shape index (κ3) is 4.03. The number of aliphatic hydroxyl groups excluding tert-OH is 2. The van der Waals surface area contributed by atoms with E-state index in [0.29, 0.717) is 42.6 Å². The Labute approximate surface area is 208 Å². The smallest absolute Gasteiger partial charge is 0.175 e. The largest absolute Gasteiger partial charge is 0.486 e. The van der Waals surface area contributed by atoms with Gasteiger partial charge in [0.1, 0.15) is 17.3 Å². The highest BCUT2D eigenvalue weighted by Crippen LogP contribution is 2.45. The number of rotatable bonds is 4. The second kappa shape index (κ2) is 9.04. The molecule has 4 N–H and O–H groups in total. The van der Waals surface area contributed by atoms with Crippen LogP contribution in [0.3, 0.4) is 0 Å². The van der Waals surface area contributed by atoms with Crippen LogP contribution in [-0.4, -0.2) is 82.3 Å². The molecule has 2 aromatic rings. The molecule has 1 spiro atoms. The fraction of sp³-hybridized carbons (Fsp3) is 0.625. The third-order valence-corrected chi connectivity index (χ3v) is 8.95. The van der Waals surface area contributed by atoms with Crippen molar-refractivity contribution < 1.29 is 19.7 Å². The Bertz CT molecular complexity index is 1100. The highest BCUT2D eigenvalue weighted by atomic mass is 32.2. The first-order chi connectivity index (χ1) is 17.0. The molecular weight excluding hydrogens is 468 g/mol. The summed E-state index contributed by atoms with van der Waals surface area (Å²) in [6.45, 7) is 5.30. The molecule has 0 amide bonds. The Morgan fingerprint density at radius 3 is 2.83 bits per heavy atom. The maximum Gasteiger partial charge on any atom is 0.175 e. The first-order valence-corrected chi connectivity index (χ1v) is 13.1. The van der Waals surface area contributed by atoms with Crippen LogP contribution >= 0.6 is 11.8 Å². The van der Waals surface area contributed by atoms with Crippen LogP contribution in [-0.2, 0) is 11.3 Å². The third-order valence-electron chi connectivity index (χ3n) is 8.00. The number of pyridine rings is 1. The van der Waals surface area contributed by atoms with Gasteiger partial charge in [-0.2, -0.15) is 0 Å². The Kier molecular flexibility index (Phi) is 6.00. The summed E-state index contributed by atoms with van der Waals surface area (Å²) >= 11 is 1.45. The predicted molar refractivity (Wildman–Crippen MR) is 131 cm³/mol. The van der Waals surface area contributed by atoms with Crippen LogP contribution in [0.4, 0.5) is 11.6 Å². The second-order valence-electron chi connectivity index (χ2n) is 10.1. The number of hydrogen-bond acceptors (Lipinski definition) is 11. The zero-order chi connectivity index (χ0) is 24.2. The van der Waals surface area contributed by atoms with E-state index >= 15 is 0 Å². The summed E-state index contributed by atoms with van der Waals surface area (Å²) in [7, 11) is 0.